The molecule has 0 saturated carbocycles. The standard InChI is InChI=1S/C31H26ClN3O5/c1-19-7-5-11-23(13-19)33-28(36)17-35-30(37)26(34-31(35)38)15-20-14-25(32)29(27(16-20)39-2)40-18-22-10-6-9-21-8-3-4-12-24(21)22/h3-16H,17-18H2,1-2H3,(H,33,36)(H,34,38)/b26-15+. The van der Waals surface area contributed by atoms with Crippen LogP contribution in [0.5, 0.6) is 11.5 Å². The summed E-state index contributed by atoms with van der Waals surface area (Å²) in [6, 6.07) is 23.8. The Morgan fingerprint density at radius 2 is 1.80 bits per heavy atom. The molecule has 0 bridgehead atoms. The molecule has 4 aromatic rings. The average Bonchev–Trinajstić information content (AvgIpc) is 3.19. The maximum Gasteiger partial charge on any atom is 0.329 e. The van der Waals surface area contributed by atoms with Crippen molar-refractivity contribution in [2.45, 2.75) is 13.5 Å². The van der Waals surface area contributed by atoms with Crippen molar-refractivity contribution in [2.24, 2.45) is 0 Å². The predicted octanol–water partition coefficient (Wildman–Crippen LogP) is 5.92. The molecule has 0 atom stereocenters. The Balaban J connectivity index is 1.30. The van der Waals surface area contributed by atoms with Crippen molar-refractivity contribution < 1.29 is 23.9 Å². The van der Waals surface area contributed by atoms with E-state index in [0.717, 1.165) is 26.8 Å². The number of ether oxygens (including phenoxy) is 2. The monoisotopic (exact) mass is 555 g/mol. The highest BCUT2D eigenvalue weighted by Crippen LogP contribution is 2.38. The third-order valence-electron chi connectivity index (χ3n) is 6.38. The number of methoxy groups -OCH3 is 1. The summed E-state index contributed by atoms with van der Waals surface area (Å²) < 4.78 is 11.6. The molecular weight excluding hydrogens is 530 g/mol. The molecule has 4 aromatic carbocycles. The first-order valence-electron chi connectivity index (χ1n) is 12.5. The van der Waals surface area contributed by atoms with Gasteiger partial charge in [-0.25, -0.2) is 9.69 Å². The molecule has 9 heteroatoms. The van der Waals surface area contributed by atoms with E-state index in [1.165, 1.54) is 13.2 Å². The number of halogens is 1. The van der Waals surface area contributed by atoms with E-state index >= 15 is 0 Å². The lowest BCUT2D eigenvalue weighted by molar-refractivity contribution is -0.127. The molecule has 2 N–H and O–H groups in total. The van der Waals surface area contributed by atoms with E-state index in [1.54, 1.807) is 30.3 Å². The van der Waals surface area contributed by atoms with Gasteiger partial charge in [-0.15, -0.1) is 0 Å². The maximum absolute atomic E-state index is 12.9. The smallest absolute Gasteiger partial charge is 0.329 e. The largest absolute Gasteiger partial charge is 0.493 e. The molecular formula is C31H26ClN3O5. The van der Waals surface area contributed by atoms with Crippen LogP contribution in [0.3, 0.4) is 0 Å². The van der Waals surface area contributed by atoms with Gasteiger partial charge in [0.05, 0.1) is 12.1 Å². The lowest BCUT2D eigenvalue weighted by Gasteiger charge is -2.14. The van der Waals surface area contributed by atoms with Crippen LogP contribution in [-0.4, -0.2) is 36.4 Å². The summed E-state index contributed by atoms with van der Waals surface area (Å²) in [7, 11) is 1.49. The minimum atomic E-state index is -0.691. The molecule has 0 unspecified atom stereocenters. The molecule has 0 spiro atoms. The first kappa shape index (κ1) is 26.8. The lowest BCUT2D eigenvalue weighted by Crippen LogP contribution is -2.38. The fourth-order valence-corrected chi connectivity index (χ4v) is 4.75. The normalized spacial score (nSPS) is 14.0. The quantitative estimate of drug-likeness (QED) is 0.208. The summed E-state index contributed by atoms with van der Waals surface area (Å²) in [4.78, 5) is 38.8. The Hall–Kier alpha value is -4.82. The minimum absolute atomic E-state index is 0.0101. The molecule has 0 radical (unpaired) electrons. The summed E-state index contributed by atoms with van der Waals surface area (Å²) in [5.74, 6) is -0.398. The van der Waals surface area contributed by atoms with Crippen molar-refractivity contribution >= 4 is 52.0 Å². The van der Waals surface area contributed by atoms with Crippen LogP contribution in [0.4, 0.5) is 10.5 Å². The topological polar surface area (TPSA) is 97.0 Å². The fourth-order valence-electron chi connectivity index (χ4n) is 4.48. The first-order chi connectivity index (χ1) is 19.3. The molecule has 1 aliphatic heterocycles. The van der Waals surface area contributed by atoms with Crippen LogP contribution >= 0.6 is 11.6 Å². The summed E-state index contributed by atoms with van der Waals surface area (Å²) >= 11 is 6.56. The Labute approximate surface area is 236 Å². The van der Waals surface area contributed by atoms with E-state index in [-0.39, 0.29) is 17.3 Å². The van der Waals surface area contributed by atoms with Crippen LogP contribution in [-0.2, 0) is 16.2 Å². The summed E-state index contributed by atoms with van der Waals surface area (Å²) in [6.07, 6.45) is 1.47. The number of aryl methyl sites for hydroxylation is 1. The molecule has 1 aliphatic rings. The number of benzene rings is 4. The Kier molecular flexibility index (Phi) is 7.70. The third-order valence-corrected chi connectivity index (χ3v) is 6.66. The van der Waals surface area contributed by atoms with Gasteiger partial charge in [-0.1, -0.05) is 66.2 Å². The van der Waals surface area contributed by atoms with Gasteiger partial charge in [0.25, 0.3) is 5.91 Å². The van der Waals surface area contributed by atoms with Crippen molar-refractivity contribution in [3.05, 3.63) is 106 Å². The molecule has 1 heterocycles. The van der Waals surface area contributed by atoms with Gasteiger partial charge in [0.15, 0.2) is 11.5 Å². The highest BCUT2D eigenvalue weighted by molar-refractivity contribution is 6.32. The zero-order valence-electron chi connectivity index (χ0n) is 21.9. The van der Waals surface area contributed by atoms with Gasteiger partial charge < -0.3 is 20.1 Å². The Morgan fingerprint density at radius 1 is 1.02 bits per heavy atom. The molecule has 1 fully saturated rings. The van der Waals surface area contributed by atoms with Crippen LogP contribution < -0.4 is 20.1 Å². The highest BCUT2D eigenvalue weighted by Gasteiger charge is 2.35. The number of rotatable bonds is 8. The fraction of sp³-hybridized carbons (Fsp3) is 0.129. The Bertz CT molecular complexity index is 1660. The minimum Gasteiger partial charge on any atom is -0.493 e. The molecule has 0 aliphatic carbocycles. The van der Waals surface area contributed by atoms with E-state index in [9.17, 15) is 14.4 Å². The van der Waals surface area contributed by atoms with Gasteiger partial charge >= 0.3 is 6.03 Å². The number of carbonyl (C=O) groups is 3. The number of nitrogens with one attached hydrogen (secondary N) is 2. The number of amides is 4. The van der Waals surface area contributed by atoms with E-state index in [2.05, 4.69) is 10.6 Å². The van der Waals surface area contributed by atoms with E-state index in [0.29, 0.717) is 22.7 Å². The van der Waals surface area contributed by atoms with Crippen molar-refractivity contribution in [1.29, 1.82) is 0 Å². The van der Waals surface area contributed by atoms with Gasteiger partial charge in [0.2, 0.25) is 5.91 Å². The number of hydrogen-bond acceptors (Lipinski definition) is 5. The predicted molar refractivity (Wildman–Crippen MR) is 154 cm³/mol. The van der Waals surface area contributed by atoms with Gasteiger partial charge in [-0.3, -0.25) is 9.59 Å². The van der Waals surface area contributed by atoms with Crippen molar-refractivity contribution in [3.63, 3.8) is 0 Å². The van der Waals surface area contributed by atoms with Gasteiger partial charge in [-0.2, -0.15) is 0 Å². The number of hydrogen-bond donors (Lipinski definition) is 2. The molecule has 4 amide bonds. The summed E-state index contributed by atoms with van der Waals surface area (Å²) in [5, 5.41) is 7.68. The first-order valence-corrected chi connectivity index (χ1v) is 12.9. The summed E-state index contributed by atoms with van der Waals surface area (Å²) in [5.41, 5.74) is 3.06. The molecule has 8 nitrogen and oxygen atoms in total. The number of imide groups is 1. The van der Waals surface area contributed by atoms with Gasteiger partial charge in [0.1, 0.15) is 18.8 Å². The second-order valence-corrected chi connectivity index (χ2v) is 9.67. The molecule has 40 heavy (non-hydrogen) atoms. The Morgan fingerprint density at radius 3 is 2.60 bits per heavy atom. The number of fused-ring (bicyclic) bond motifs is 1. The molecule has 5 rings (SSSR count). The zero-order chi connectivity index (χ0) is 28.2. The van der Waals surface area contributed by atoms with Crippen LogP contribution in [0, 0.1) is 6.92 Å². The summed E-state index contributed by atoms with van der Waals surface area (Å²) in [6.45, 7) is 1.74. The number of urea groups is 1. The highest BCUT2D eigenvalue weighted by atomic mass is 35.5. The molecule has 0 aromatic heterocycles. The second kappa shape index (κ2) is 11.5. The van der Waals surface area contributed by atoms with E-state index < -0.39 is 24.4 Å². The van der Waals surface area contributed by atoms with Crippen LogP contribution in [0.1, 0.15) is 16.7 Å². The second-order valence-electron chi connectivity index (χ2n) is 9.26. The maximum atomic E-state index is 12.9. The SMILES string of the molecule is COc1cc(/C=C2/NC(=O)N(CC(=O)Nc3cccc(C)c3)C2=O)cc(Cl)c1OCc1cccc2ccccc12. The number of nitrogens with zero attached hydrogens (tertiary/aromatic N) is 1. The molecule has 202 valence electrons. The molecule has 1 saturated heterocycles. The van der Waals surface area contributed by atoms with Crippen LogP contribution in [0.2, 0.25) is 5.02 Å². The van der Waals surface area contributed by atoms with Gasteiger partial charge in [0, 0.05) is 5.69 Å². The lowest BCUT2D eigenvalue weighted by atomic mass is 10.1. The van der Waals surface area contributed by atoms with Crippen molar-refractivity contribution in [2.75, 3.05) is 19.0 Å². The average molecular weight is 556 g/mol. The number of carbonyl (C=O) groups excluding carboxylic acids is 3. The number of anilines is 1. The van der Waals surface area contributed by atoms with Crippen molar-refractivity contribution in [3.8, 4) is 11.5 Å². The van der Waals surface area contributed by atoms with E-state index in [1.807, 2.05) is 55.5 Å². The van der Waals surface area contributed by atoms with Crippen LogP contribution in [0.15, 0.2) is 84.6 Å². The van der Waals surface area contributed by atoms with Gasteiger partial charge in [-0.05, 0) is 64.7 Å². The third kappa shape index (κ3) is 5.77. The van der Waals surface area contributed by atoms with E-state index in [4.69, 9.17) is 21.1 Å². The van der Waals surface area contributed by atoms with Crippen molar-refractivity contribution in [1.82, 2.24) is 10.2 Å². The van der Waals surface area contributed by atoms with Crippen LogP contribution in [0.25, 0.3) is 16.8 Å². The zero-order valence-corrected chi connectivity index (χ0v) is 22.6.